The van der Waals surface area contributed by atoms with Gasteiger partial charge in [0, 0.05) is 0 Å². The van der Waals surface area contributed by atoms with Gasteiger partial charge < -0.3 is 10.1 Å². The number of ether oxygens (including phenoxy) is 1. The molecule has 1 aromatic heterocycles. The highest BCUT2D eigenvalue weighted by Crippen LogP contribution is 2.10. The normalized spacial score (nSPS) is 9.91. The van der Waals surface area contributed by atoms with Crippen LogP contribution in [0, 0.1) is 0 Å². The summed E-state index contributed by atoms with van der Waals surface area (Å²) in [5, 5.41) is 4.96. The summed E-state index contributed by atoms with van der Waals surface area (Å²) in [6.07, 6.45) is 2.77. The van der Waals surface area contributed by atoms with Crippen LogP contribution in [0.4, 0.5) is 0 Å². The molecule has 1 rings (SSSR count). The van der Waals surface area contributed by atoms with E-state index in [2.05, 4.69) is 9.69 Å². The first-order valence-corrected chi connectivity index (χ1v) is 4.44. The molecule has 0 amide bonds. The van der Waals surface area contributed by atoms with Gasteiger partial charge >= 0.3 is 0 Å². The Kier molecular flexibility index (Phi) is 3.93. The van der Waals surface area contributed by atoms with Crippen LogP contribution < -0.4 is 10.1 Å². The first kappa shape index (κ1) is 8.49. The smallest absolute Gasteiger partial charge is 0.149 e. The van der Waals surface area contributed by atoms with Crippen LogP contribution in [0.25, 0.3) is 0 Å². The monoisotopic (exact) mass is 172 g/mol. The third kappa shape index (κ3) is 3.34. The summed E-state index contributed by atoms with van der Waals surface area (Å²) in [7, 11) is 1.94. The van der Waals surface area contributed by atoms with Gasteiger partial charge in [-0.2, -0.15) is 4.37 Å². The third-order valence-corrected chi connectivity index (χ3v) is 1.81. The molecule has 0 aromatic carbocycles. The van der Waals surface area contributed by atoms with Gasteiger partial charge in [0.1, 0.15) is 5.75 Å². The zero-order valence-corrected chi connectivity index (χ0v) is 7.36. The van der Waals surface area contributed by atoms with Crippen LogP contribution in [-0.2, 0) is 0 Å². The minimum Gasteiger partial charge on any atom is -0.491 e. The van der Waals surface area contributed by atoms with Crippen molar-refractivity contribution < 1.29 is 4.74 Å². The summed E-state index contributed by atoms with van der Waals surface area (Å²) in [5.74, 6) is 0.881. The second kappa shape index (κ2) is 5.09. The molecule has 4 heteroatoms. The second-order valence-electron chi connectivity index (χ2n) is 2.17. The molecule has 1 heterocycles. The zero-order chi connectivity index (χ0) is 7.94. The number of aromatic nitrogens is 1. The van der Waals surface area contributed by atoms with Gasteiger partial charge in [-0.05, 0) is 31.5 Å². The molecule has 0 aliphatic heterocycles. The van der Waals surface area contributed by atoms with Gasteiger partial charge in [0.2, 0.25) is 0 Å². The Morgan fingerprint density at radius 3 is 3.27 bits per heavy atom. The standard InChI is InChI=1S/C7H12N2OS/c1-8-3-2-4-10-7-5-9-11-6-7/h5-6,8H,2-4H2,1H3. The summed E-state index contributed by atoms with van der Waals surface area (Å²) < 4.78 is 9.28. The number of hydrogen-bond donors (Lipinski definition) is 1. The molecule has 0 spiro atoms. The van der Waals surface area contributed by atoms with Crippen LogP contribution in [-0.4, -0.2) is 24.6 Å². The fraction of sp³-hybridized carbons (Fsp3) is 0.571. The molecular weight excluding hydrogens is 160 g/mol. The quantitative estimate of drug-likeness (QED) is 0.676. The predicted octanol–water partition coefficient (Wildman–Crippen LogP) is 1.13. The SMILES string of the molecule is CNCCCOc1cnsc1. The summed E-state index contributed by atoms with van der Waals surface area (Å²) in [6.45, 7) is 1.76. The van der Waals surface area contributed by atoms with E-state index in [9.17, 15) is 0 Å². The van der Waals surface area contributed by atoms with Gasteiger partial charge in [0.05, 0.1) is 18.2 Å². The van der Waals surface area contributed by atoms with Crippen molar-refractivity contribution in [1.29, 1.82) is 0 Å². The molecule has 0 fully saturated rings. The van der Waals surface area contributed by atoms with E-state index in [1.807, 2.05) is 12.4 Å². The first-order valence-electron chi connectivity index (χ1n) is 3.60. The Morgan fingerprint density at radius 2 is 2.64 bits per heavy atom. The average molecular weight is 172 g/mol. The van der Waals surface area contributed by atoms with Crippen molar-refractivity contribution in [3.05, 3.63) is 11.6 Å². The lowest BCUT2D eigenvalue weighted by molar-refractivity contribution is 0.310. The Hall–Kier alpha value is -0.610. The highest BCUT2D eigenvalue weighted by atomic mass is 32.1. The predicted molar refractivity (Wildman–Crippen MR) is 46.2 cm³/mol. The number of nitrogens with zero attached hydrogens (tertiary/aromatic N) is 1. The largest absolute Gasteiger partial charge is 0.491 e. The molecule has 62 valence electrons. The van der Waals surface area contributed by atoms with Crippen molar-refractivity contribution in [3.8, 4) is 5.75 Å². The molecule has 11 heavy (non-hydrogen) atoms. The van der Waals surface area contributed by atoms with Crippen LogP contribution >= 0.6 is 11.5 Å². The van der Waals surface area contributed by atoms with Gasteiger partial charge in [-0.25, -0.2) is 0 Å². The molecule has 1 N–H and O–H groups in total. The zero-order valence-electron chi connectivity index (χ0n) is 6.54. The van der Waals surface area contributed by atoms with E-state index in [4.69, 9.17) is 4.74 Å². The highest BCUT2D eigenvalue weighted by Gasteiger charge is 1.92. The topological polar surface area (TPSA) is 34.1 Å². The minimum absolute atomic E-state index is 0.763. The molecular formula is C7H12N2OS. The van der Waals surface area contributed by atoms with Crippen LogP contribution in [0.3, 0.4) is 0 Å². The second-order valence-corrected chi connectivity index (χ2v) is 2.82. The Labute approximate surface area is 70.6 Å². The van der Waals surface area contributed by atoms with Crippen LogP contribution in [0.15, 0.2) is 11.6 Å². The van der Waals surface area contributed by atoms with E-state index >= 15 is 0 Å². The molecule has 1 aromatic rings. The molecule has 0 unspecified atom stereocenters. The van der Waals surface area contributed by atoms with Crippen molar-refractivity contribution in [1.82, 2.24) is 9.69 Å². The summed E-state index contributed by atoms with van der Waals surface area (Å²) >= 11 is 1.41. The lowest BCUT2D eigenvalue weighted by Crippen LogP contribution is -2.11. The van der Waals surface area contributed by atoms with E-state index < -0.39 is 0 Å². The Bertz CT molecular complexity index is 177. The van der Waals surface area contributed by atoms with Crippen molar-refractivity contribution in [2.75, 3.05) is 20.2 Å². The third-order valence-electron chi connectivity index (χ3n) is 1.25. The molecule has 0 radical (unpaired) electrons. The fourth-order valence-electron chi connectivity index (χ4n) is 0.705. The Balaban J connectivity index is 2.04. The van der Waals surface area contributed by atoms with E-state index in [1.54, 1.807) is 6.20 Å². The van der Waals surface area contributed by atoms with Crippen molar-refractivity contribution >= 4 is 11.5 Å². The van der Waals surface area contributed by atoms with Crippen molar-refractivity contribution in [3.63, 3.8) is 0 Å². The molecule has 0 saturated heterocycles. The van der Waals surface area contributed by atoms with E-state index in [0.29, 0.717) is 0 Å². The van der Waals surface area contributed by atoms with Gasteiger partial charge in [0.15, 0.2) is 0 Å². The Morgan fingerprint density at radius 1 is 1.73 bits per heavy atom. The van der Waals surface area contributed by atoms with Crippen molar-refractivity contribution in [2.45, 2.75) is 6.42 Å². The molecule has 0 aliphatic carbocycles. The highest BCUT2D eigenvalue weighted by molar-refractivity contribution is 7.03. The first-order chi connectivity index (χ1) is 5.43. The maximum Gasteiger partial charge on any atom is 0.149 e. The van der Waals surface area contributed by atoms with Crippen LogP contribution in [0.5, 0.6) is 5.75 Å². The van der Waals surface area contributed by atoms with E-state index in [0.717, 1.165) is 25.3 Å². The maximum atomic E-state index is 5.36. The van der Waals surface area contributed by atoms with Gasteiger partial charge in [-0.3, -0.25) is 0 Å². The average Bonchev–Trinajstić information content (AvgIpc) is 2.50. The summed E-state index contributed by atoms with van der Waals surface area (Å²) in [4.78, 5) is 0. The molecule has 0 aliphatic rings. The lowest BCUT2D eigenvalue weighted by atomic mass is 10.4. The van der Waals surface area contributed by atoms with Crippen LogP contribution in [0.2, 0.25) is 0 Å². The van der Waals surface area contributed by atoms with Gasteiger partial charge in [0.25, 0.3) is 0 Å². The molecule has 0 atom stereocenters. The molecule has 0 saturated carbocycles. The number of rotatable bonds is 5. The maximum absolute atomic E-state index is 5.36. The van der Waals surface area contributed by atoms with Gasteiger partial charge in [-0.15, -0.1) is 0 Å². The van der Waals surface area contributed by atoms with Crippen LogP contribution in [0.1, 0.15) is 6.42 Å². The van der Waals surface area contributed by atoms with E-state index in [-0.39, 0.29) is 0 Å². The number of hydrogen-bond acceptors (Lipinski definition) is 4. The van der Waals surface area contributed by atoms with E-state index in [1.165, 1.54) is 11.5 Å². The fourth-order valence-corrected chi connectivity index (χ4v) is 1.16. The molecule has 0 bridgehead atoms. The minimum atomic E-state index is 0.763. The lowest BCUT2D eigenvalue weighted by Gasteiger charge is -2.01. The summed E-state index contributed by atoms with van der Waals surface area (Å²) in [5.41, 5.74) is 0. The molecule has 3 nitrogen and oxygen atoms in total. The van der Waals surface area contributed by atoms with Gasteiger partial charge in [-0.1, -0.05) is 0 Å². The number of nitrogens with one attached hydrogen (secondary N) is 1. The van der Waals surface area contributed by atoms with Crippen molar-refractivity contribution in [2.24, 2.45) is 0 Å². The summed E-state index contributed by atoms with van der Waals surface area (Å²) in [6, 6.07) is 0.